The molecular weight excluding hydrogens is 284 g/mol. The van der Waals surface area contributed by atoms with Gasteiger partial charge in [0.1, 0.15) is 1.12 Å². The minimum atomic E-state index is -0.191. The van der Waals surface area contributed by atoms with Crippen LogP contribution < -0.4 is 0 Å². The maximum Gasteiger partial charge on any atom is 0.306 e. The Kier molecular flexibility index (Phi) is 13.6. The van der Waals surface area contributed by atoms with Crippen molar-refractivity contribution in [3.05, 3.63) is 0 Å². The first-order valence-corrected chi connectivity index (χ1v) is 6.09. The zero-order valence-electron chi connectivity index (χ0n) is 9.95. The lowest BCUT2D eigenvalue weighted by Gasteiger charge is -1.93. The summed E-state index contributed by atoms with van der Waals surface area (Å²) in [5.74, 6) is 0.343. The van der Waals surface area contributed by atoms with Gasteiger partial charge in [-0.05, 0) is 12.2 Å². The van der Waals surface area contributed by atoms with Gasteiger partial charge in [-0.2, -0.15) is 12.5 Å². The van der Waals surface area contributed by atoms with Crippen LogP contribution >= 0.6 is 28.5 Å². The summed E-state index contributed by atoms with van der Waals surface area (Å²) in [6.45, 7) is 0. The van der Waals surface area contributed by atoms with Crippen molar-refractivity contribution >= 4 is 40.4 Å². The number of ether oxygens (including phenoxy) is 2. The molecule has 0 aromatic heterocycles. The third-order valence-electron chi connectivity index (χ3n) is 1.28. The van der Waals surface area contributed by atoms with Crippen LogP contribution in [0.1, 0.15) is 19.3 Å². The van der Waals surface area contributed by atoms with Crippen LogP contribution in [-0.4, -0.2) is 38.4 Å². The Bertz CT molecular complexity index is 192. The Morgan fingerprint density at radius 2 is 1.80 bits per heavy atom. The van der Waals surface area contributed by atoms with Crippen molar-refractivity contribution in [3.63, 3.8) is 0 Å². The van der Waals surface area contributed by atoms with Crippen LogP contribution in [0.3, 0.4) is 0 Å². The average molecular weight is 303 g/mol. The van der Waals surface area contributed by atoms with Gasteiger partial charge in [0.2, 0.25) is 0 Å². The molecule has 0 bridgehead atoms. The monoisotopic (exact) mass is 302 g/mol. The molecule has 0 atom stereocenters. The summed E-state index contributed by atoms with van der Waals surface area (Å²) in [6, 6.07) is 0. The van der Waals surface area contributed by atoms with Crippen molar-refractivity contribution in [2.45, 2.75) is 19.3 Å². The highest BCUT2D eigenvalue weighted by Crippen LogP contribution is 1.92. The van der Waals surface area contributed by atoms with Gasteiger partial charge in [0.25, 0.3) is 0 Å². The Morgan fingerprint density at radius 3 is 2.13 bits per heavy atom. The van der Waals surface area contributed by atoms with Crippen molar-refractivity contribution in [1.29, 1.82) is 1.12 Å². The Hall–Kier alpha value is -0.230. The third kappa shape index (κ3) is 16.4. The minimum Gasteiger partial charge on any atom is -0.469 e. The molecule has 6 heteroatoms. The number of halogens is 1. The molecule has 0 rings (SSSR count). The number of methoxy groups -OCH3 is 2. The molecule has 0 amide bonds. The first-order chi connectivity index (χ1) is 7.62. The second kappa shape index (κ2) is 13.8. The zero-order valence-corrected chi connectivity index (χ0v) is 11.4. The molecule has 0 unspecified atom stereocenters. The summed E-state index contributed by atoms with van der Waals surface area (Å²) in [5, 5.41) is 0.680. The van der Waals surface area contributed by atoms with Crippen molar-refractivity contribution < 1.29 is 19.1 Å². The number of rotatable bonds is 6. The number of thiol groups is 1. The summed E-state index contributed by atoms with van der Waals surface area (Å²) < 4.78 is 15.4. The van der Waals surface area contributed by atoms with Gasteiger partial charge in [0.15, 0.2) is 0 Å². The summed E-state index contributed by atoms with van der Waals surface area (Å²) in [7, 11) is 2.75. The number of esters is 2. The molecule has 0 saturated carbocycles. The first kappa shape index (κ1) is 14.8. The fourth-order valence-electron chi connectivity index (χ4n) is 0.498. The van der Waals surface area contributed by atoms with Crippen molar-refractivity contribution in [2.75, 3.05) is 25.3 Å². The Morgan fingerprint density at radius 1 is 1.27 bits per heavy atom. The van der Waals surface area contributed by atoms with Gasteiger partial charge in [-0.3, -0.25) is 9.59 Å². The molecule has 0 spiro atoms. The largest absolute Gasteiger partial charge is 0.469 e. The molecule has 4 nitrogen and oxygen atoms in total. The van der Waals surface area contributed by atoms with E-state index in [0.717, 1.165) is 19.0 Å². The Balaban J connectivity index is 0. The van der Waals surface area contributed by atoms with Crippen LogP contribution in [0, 0.1) is 0 Å². The molecule has 0 aromatic carbocycles. The van der Waals surface area contributed by atoms with Crippen LogP contribution in [0.25, 0.3) is 0 Å². The second-order valence-corrected chi connectivity index (χ2v) is 3.60. The van der Waals surface area contributed by atoms with E-state index in [4.69, 9.17) is 1.12 Å². The van der Waals surface area contributed by atoms with Gasteiger partial charge >= 0.3 is 11.9 Å². The van der Waals surface area contributed by atoms with Crippen LogP contribution in [-0.2, 0) is 19.1 Å². The van der Waals surface area contributed by atoms with Crippen LogP contribution in [0.2, 0.25) is 0 Å². The maximum absolute atomic E-state index is 10.4. The van der Waals surface area contributed by atoms with Gasteiger partial charge in [-0.1, -0.05) is 15.9 Å². The van der Waals surface area contributed by atoms with Gasteiger partial charge in [0, 0.05) is 11.8 Å². The number of alkyl halides is 1. The molecule has 0 N–H and O–H groups in total. The van der Waals surface area contributed by atoms with Gasteiger partial charge in [0.05, 0.1) is 20.6 Å². The fraction of sp³-hybridized carbons (Fsp3) is 0.778. The van der Waals surface area contributed by atoms with E-state index in [2.05, 4.69) is 25.4 Å². The number of hydrogen-bond acceptors (Lipinski definition) is 5. The number of carbonyl (C=O) groups is 2. The summed E-state index contributed by atoms with van der Waals surface area (Å²) >= 11 is 4.09. The lowest BCUT2D eigenvalue weighted by molar-refractivity contribution is -0.141. The van der Waals surface area contributed by atoms with Gasteiger partial charge < -0.3 is 9.47 Å². The van der Waals surface area contributed by atoms with E-state index in [1.165, 1.54) is 14.2 Å². The molecule has 90 valence electrons. The maximum atomic E-state index is 10.4. The molecule has 15 heavy (non-hydrogen) atoms. The highest BCUT2D eigenvalue weighted by molar-refractivity contribution is 9.09. The molecular formula is C9H17BrO4S. The average Bonchev–Trinajstić information content (AvgIpc) is 2.30. The lowest BCUT2D eigenvalue weighted by Crippen LogP contribution is -1.99. The highest BCUT2D eigenvalue weighted by Gasteiger charge is 1.95. The SMILES string of the molecule is COC(=O)CCBr.[3H]SCCCC(=O)OC. The standard InChI is InChI=1S/C5H10O2S.C4H7BrO2/c1-7-5(6)3-2-4-8;1-7-4(6)2-3-5/h8H,2-4H2,1H3;2-3H2,1H3/i/hT. The first-order valence-electron chi connectivity index (χ1n) is 4.80. The minimum absolute atomic E-state index is 0.170. The van der Waals surface area contributed by atoms with Gasteiger partial charge in [-0.15, -0.1) is 0 Å². The van der Waals surface area contributed by atoms with Crippen molar-refractivity contribution in [2.24, 2.45) is 0 Å². The normalized spacial score (nSPS) is 9.40. The van der Waals surface area contributed by atoms with Crippen LogP contribution in [0.4, 0.5) is 0 Å². The van der Waals surface area contributed by atoms with E-state index in [-0.39, 0.29) is 11.9 Å². The van der Waals surface area contributed by atoms with E-state index in [1.807, 2.05) is 0 Å². The van der Waals surface area contributed by atoms with Gasteiger partial charge in [-0.25, -0.2) is 0 Å². The van der Waals surface area contributed by atoms with E-state index in [1.54, 1.807) is 0 Å². The molecule has 0 heterocycles. The predicted octanol–water partition coefficient (Wildman–Crippen LogP) is 1.81. The molecule has 0 fully saturated rings. The summed E-state index contributed by atoms with van der Waals surface area (Å²) in [6.07, 6.45) is 1.62. The van der Waals surface area contributed by atoms with Crippen molar-refractivity contribution in [1.82, 2.24) is 0 Å². The zero-order chi connectivity index (χ0) is 12.8. The van der Waals surface area contributed by atoms with Crippen LogP contribution in [0.15, 0.2) is 0 Å². The molecule has 0 aliphatic carbocycles. The third-order valence-corrected chi connectivity index (χ3v) is 1.96. The quantitative estimate of drug-likeness (QED) is 0.352. The molecule has 0 aliphatic heterocycles. The van der Waals surface area contributed by atoms with Crippen molar-refractivity contribution in [3.8, 4) is 0 Å². The fourth-order valence-corrected chi connectivity index (χ4v) is 0.966. The van der Waals surface area contributed by atoms with E-state index < -0.39 is 0 Å². The van der Waals surface area contributed by atoms with E-state index in [0.29, 0.717) is 23.9 Å². The summed E-state index contributed by atoms with van der Waals surface area (Å²) in [5.41, 5.74) is 0. The number of hydrogen-bond donors (Lipinski definition) is 1. The molecule has 0 radical (unpaired) electrons. The second-order valence-electron chi connectivity index (χ2n) is 2.40. The lowest BCUT2D eigenvalue weighted by atomic mass is 10.3. The van der Waals surface area contributed by atoms with Crippen LogP contribution in [0.5, 0.6) is 0 Å². The predicted molar refractivity (Wildman–Crippen MR) is 65.5 cm³/mol. The molecule has 0 aromatic rings. The smallest absolute Gasteiger partial charge is 0.306 e. The topological polar surface area (TPSA) is 52.6 Å². The molecule has 0 aliphatic rings. The van der Waals surface area contributed by atoms with E-state index in [9.17, 15) is 9.59 Å². The number of carbonyl (C=O) groups excluding carboxylic acids is 2. The Labute approximate surface area is 105 Å². The highest BCUT2D eigenvalue weighted by atomic mass is 79.9. The van der Waals surface area contributed by atoms with E-state index >= 15 is 0 Å². The summed E-state index contributed by atoms with van der Waals surface area (Å²) in [4.78, 5) is 20.6. The molecule has 0 saturated heterocycles.